The largest absolute Gasteiger partial charge is 0.481 e. The van der Waals surface area contributed by atoms with E-state index < -0.39 is 11.9 Å². The van der Waals surface area contributed by atoms with Crippen LogP contribution in [0.4, 0.5) is 5.13 Å². The van der Waals surface area contributed by atoms with E-state index >= 15 is 0 Å². The summed E-state index contributed by atoms with van der Waals surface area (Å²) in [5.41, 5.74) is 0.744. The maximum atomic E-state index is 11.3. The van der Waals surface area contributed by atoms with E-state index in [1.165, 1.54) is 6.33 Å². The van der Waals surface area contributed by atoms with Crippen molar-refractivity contribution in [2.75, 3.05) is 11.9 Å². The highest BCUT2D eigenvalue weighted by Crippen LogP contribution is 2.37. The van der Waals surface area contributed by atoms with Crippen molar-refractivity contribution in [1.82, 2.24) is 20.2 Å². The first-order valence-corrected chi connectivity index (χ1v) is 7.24. The van der Waals surface area contributed by atoms with E-state index in [4.69, 9.17) is 0 Å². The molecule has 3 rings (SSSR count). The molecule has 2 aromatic rings. The number of carboxylic acids is 1. The van der Waals surface area contributed by atoms with E-state index in [0.29, 0.717) is 13.0 Å². The molecule has 2 aromatic heterocycles. The zero-order valence-electron chi connectivity index (χ0n) is 11.0. The van der Waals surface area contributed by atoms with Crippen molar-refractivity contribution >= 4 is 22.4 Å². The number of H-pyrrole nitrogens is 1. The van der Waals surface area contributed by atoms with Crippen LogP contribution in [-0.4, -0.2) is 38.3 Å². The number of aromatic amines is 1. The second-order valence-electron chi connectivity index (χ2n) is 4.88. The summed E-state index contributed by atoms with van der Waals surface area (Å²) in [7, 11) is 1.92. The molecule has 0 saturated heterocycles. The number of aryl methyl sites for hydroxylation is 1. The molecular weight excluding hydrogens is 278 g/mol. The number of aliphatic carboxylic acids is 1. The molecule has 0 amide bonds. The van der Waals surface area contributed by atoms with Crippen LogP contribution in [0.25, 0.3) is 0 Å². The monoisotopic (exact) mass is 293 g/mol. The first-order valence-electron chi connectivity index (χ1n) is 6.43. The number of nitrogens with zero attached hydrogens (tertiary/aromatic N) is 4. The van der Waals surface area contributed by atoms with E-state index in [1.54, 1.807) is 11.3 Å². The van der Waals surface area contributed by atoms with Crippen LogP contribution < -0.4 is 4.90 Å². The lowest BCUT2D eigenvalue weighted by Crippen LogP contribution is -2.19. The SMILES string of the molecule is CN(Cc1ncn[nH]1)c1nc2c(s1)CCCC2C(=O)O. The Hall–Kier alpha value is -1.96. The third-order valence-electron chi connectivity index (χ3n) is 3.42. The van der Waals surface area contributed by atoms with Gasteiger partial charge in [-0.15, -0.1) is 11.3 Å². The standard InChI is InChI=1S/C12H15N5O2S/c1-17(5-9-13-6-14-16-9)12-15-10-7(11(18)19)3-2-4-8(10)20-12/h6-7H,2-5H2,1H3,(H,18,19)(H,13,14,16). The first kappa shape index (κ1) is 13.0. The van der Waals surface area contributed by atoms with Gasteiger partial charge in [0.1, 0.15) is 18.1 Å². The molecule has 0 fully saturated rings. The van der Waals surface area contributed by atoms with E-state index in [1.807, 2.05) is 11.9 Å². The van der Waals surface area contributed by atoms with E-state index in [0.717, 1.165) is 34.4 Å². The Balaban J connectivity index is 1.83. The Morgan fingerprint density at radius 1 is 1.65 bits per heavy atom. The predicted octanol–water partition coefficient (Wildman–Crippen LogP) is 1.40. The lowest BCUT2D eigenvalue weighted by molar-refractivity contribution is -0.139. The Bertz CT molecular complexity index is 609. The Labute approximate surface area is 119 Å². The summed E-state index contributed by atoms with van der Waals surface area (Å²) in [5.74, 6) is -0.474. The summed E-state index contributed by atoms with van der Waals surface area (Å²) < 4.78 is 0. The molecule has 2 N–H and O–H groups in total. The number of fused-ring (bicyclic) bond motifs is 1. The van der Waals surface area contributed by atoms with Gasteiger partial charge in [0.2, 0.25) is 0 Å². The fourth-order valence-corrected chi connectivity index (χ4v) is 3.53. The highest BCUT2D eigenvalue weighted by atomic mass is 32.1. The van der Waals surface area contributed by atoms with Gasteiger partial charge in [0.05, 0.1) is 12.2 Å². The number of hydrogen-bond acceptors (Lipinski definition) is 6. The smallest absolute Gasteiger partial charge is 0.312 e. The normalized spacial score (nSPS) is 17.8. The Kier molecular flexibility index (Phi) is 3.39. The minimum Gasteiger partial charge on any atom is -0.481 e. The van der Waals surface area contributed by atoms with Gasteiger partial charge in [0, 0.05) is 11.9 Å². The van der Waals surface area contributed by atoms with Crippen LogP contribution >= 0.6 is 11.3 Å². The molecule has 106 valence electrons. The molecule has 0 spiro atoms. The number of carboxylic acid groups (broad SMARTS) is 1. The molecular formula is C12H15N5O2S. The van der Waals surface area contributed by atoms with Gasteiger partial charge in [-0.05, 0) is 19.3 Å². The fraction of sp³-hybridized carbons (Fsp3) is 0.500. The third kappa shape index (κ3) is 2.38. The average Bonchev–Trinajstić information content (AvgIpc) is 3.05. The molecule has 0 saturated carbocycles. The fourth-order valence-electron chi connectivity index (χ4n) is 2.41. The number of carbonyl (C=O) groups is 1. The molecule has 8 heteroatoms. The molecule has 1 aliphatic carbocycles. The average molecular weight is 293 g/mol. The van der Waals surface area contributed by atoms with Crippen LogP contribution in [0.2, 0.25) is 0 Å². The van der Waals surface area contributed by atoms with E-state index in [9.17, 15) is 9.90 Å². The van der Waals surface area contributed by atoms with Crippen LogP contribution in [0, 0.1) is 0 Å². The highest BCUT2D eigenvalue weighted by Gasteiger charge is 2.30. The minimum atomic E-state index is -0.777. The number of aromatic nitrogens is 4. The molecule has 7 nitrogen and oxygen atoms in total. The summed E-state index contributed by atoms with van der Waals surface area (Å²) >= 11 is 1.58. The molecule has 0 radical (unpaired) electrons. The topological polar surface area (TPSA) is 95.0 Å². The lowest BCUT2D eigenvalue weighted by Gasteiger charge is -2.16. The molecule has 20 heavy (non-hydrogen) atoms. The maximum Gasteiger partial charge on any atom is 0.312 e. The van der Waals surface area contributed by atoms with Gasteiger partial charge in [0.25, 0.3) is 0 Å². The van der Waals surface area contributed by atoms with Crippen LogP contribution in [0.1, 0.15) is 35.2 Å². The van der Waals surface area contributed by atoms with Crippen LogP contribution in [0.3, 0.4) is 0 Å². The summed E-state index contributed by atoms with van der Waals surface area (Å²) in [6.45, 7) is 0.574. The lowest BCUT2D eigenvalue weighted by atomic mass is 9.91. The summed E-state index contributed by atoms with van der Waals surface area (Å²) in [5, 5.41) is 16.7. The third-order valence-corrected chi connectivity index (χ3v) is 4.66. The summed E-state index contributed by atoms with van der Waals surface area (Å²) in [6.07, 6.45) is 3.98. The van der Waals surface area contributed by atoms with E-state index in [2.05, 4.69) is 20.2 Å². The highest BCUT2D eigenvalue weighted by molar-refractivity contribution is 7.15. The molecule has 0 bridgehead atoms. The summed E-state index contributed by atoms with van der Waals surface area (Å²) in [6, 6.07) is 0. The van der Waals surface area contributed by atoms with Gasteiger partial charge in [-0.1, -0.05) is 0 Å². The van der Waals surface area contributed by atoms with Gasteiger partial charge >= 0.3 is 5.97 Å². The maximum absolute atomic E-state index is 11.3. The first-order chi connectivity index (χ1) is 9.65. The van der Waals surface area contributed by atoms with E-state index in [-0.39, 0.29) is 0 Å². The van der Waals surface area contributed by atoms with Crippen molar-refractivity contribution < 1.29 is 9.90 Å². The number of nitrogens with one attached hydrogen (secondary N) is 1. The van der Waals surface area contributed by atoms with Gasteiger partial charge in [0.15, 0.2) is 5.13 Å². The van der Waals surface area contributed by atoms with Crippen molar-refractivity contribution in [2.24, 2.45) is 0 Å². The van der Waals surface area contributed by atoms with Gasteiger partial charge in [-0.2, -0.15) is 5.10 Å². The van der Waals surface area contributed by atoms with Crippen LogP contribution in [0.5, 0.6) is 0 Å². The second kappa shape index (κ2) is 5.20. The van der Waals surface area contributed by atoms with Gasteiger partial charge < -0.3 is 10.0 Å². The second-order valence-corrected chi connectivity index (χ2v) is 5.94. The van der Waals surface area contributed by atoms with Crippen molar-refractivity contribution in [1.29, 1.82) is 0 Å². The molecule has 1 unspecified atom stereocenters. The molecule has 1 aliphatic rings. The zero-order chi connectivity index (χ0) is 14.1. The number of hydrogen-bond donors (Lipinski definition) is 2. The van der Waals surface area contributed by atoms with Gasteiger partial charge in [-0.25, -0.2) is 9.97 Å². The van der Waals surface area contributed by atoms with Gasteiger partial charge in [-0.3, -0.25) is 9.89 Å². The number of rotatable bonds is 4. The predicted molar refractivity (Wildman–Crippen MR) is 73.9 cm³/mol. The molecule has 2 heterocycles. The van der Waals surface area contributed by atoms with Crippen LogP contribution in [0.15, 0.2) is 6.33 Å². The minimum absolute atomic E-state index is 0.456. The van der Waals surface area contributed by atoms with Crippen molar-refractivity contribution in [3.05, 3.63) is 22.7 Å². The van der Waals surface area contributed by atoms with Crippen LogP contribution in [-0.2, 0) is 17.8 Å². The number of anilines is 1. The molecule has 1 atom stereocenters. The van der Waals surface area contributed by atoms with Crippen molar-refractivity contribution in [3.63, 3.8) is 0 Å². The van der Waals surface area contributed by atoms with Crippen molar-refractivity contribution in [2.45, 2.75) is 31.7 Å². The number of thiazole rings is 1. The quantitative estimate of drug-likeness (QED) is 0.885. The van der Waals surface area contributed by atoms with Crippen molar-refractivity contribution in [3.8, 4) is 0 Å². The molecule has 0 aromatic carbocycles. The Morgan fingerprint density at radius 3 is 3.20 bits per heavy atom. The molecule has 0 aliphatic heterocycles. The summed E-state index contributed by atoms with van der Waals surface area (Å²) in [4.78, 5) is 23.0. The Morgan fingerprint density at radius 2 is 2.50 bits per heavy atom. The zero-order valence-corrected chi connectivity index (χ0v) is 11.9.